The Kier molecular flexibility index (Phi) is 4.97. The first-order valence-electron chi connectivity index (χ1n) is 5.39. The van der Waals surface area contributed by atoms with Gasteiger partial charge >= 0.3 is 5.97 Å². The molecule has 0 amide bonds. The second kappa shape index (κ2) is 5.84. The third-order valence-electron chi connectivity index (χ3n) is 2.16. The molecule has 6 heteroatoms. The number of carboxylic acids is 1. The molecule has 4 nitrogen and oxygen atoms in total. The Hall–Kier alpha value is -0.590. The Labute approximate surface area is 110 Å². The van der Waals surface area contributed by atoms with Crippen LogP contribution in [0.1, 0.15) is 26.5 Å². The summed E-state index contributed by atoms with van der Waals surface area (Å²) in [5.74, 6) is -0.361. The van der Waals surface area contributed by atoms with Gasteiger partial charge in [-0.25, -0.2) is 4.98 Å². The molecule has 1 aromatic heterocycles. The topological polar surface area (TPSA) is 62.2 Å². The van der Waals surface area contributed by atoms with Crippen molar-refractivity contribution in [1.82, 2.24) is 10.3 Å². The van der Waals surface area contributed by atoms with E-state index in [1.165, 1.54) is 11.8 Å². The first kappa shape index (κ1) is 14.5. The second-order valence-corrected chi connectivity index (χ2v) is 6.56. The van der Waals surface area contributed by atoms with Crippen molar-refractivity contribution < 1.29 is 9.90 Å². The second-order valence-electron chi connectivity index (χ2n) is 4.48. The van der Waals surface area contributed by atoms with Crippen molar-refractivity contribution >= 4 is 29.1 Å². The van der Waals surface area contributed by atoms with Gasteiger partial charge in [0.1, 0.15) is 9.88 Å². The van der Waals surface area contributed by atoms with Crippen molar-refractivity contribution in [2.75, 3.05) is 5.75 Å². The number of aliphatic carboxylic acids is 1. The van der Waals surface area contributed by atoms with Crippen LogP contribution in [-0.2, 0) is 4.79 Å². The smallest absolute Gasteiger partial charge is 0.324 e. The fourth-order valence-electron chi connectivity index (χ4n) is 1.41. The zero-order valence-corrected chi connectivity index (χ0v) is 12.1. The highest BCUT2D eigenvalue weighted by atomic mass is 32.2. The molecule has 1 rings (SSSR count). The molecule has 17 heavy (non-hydrogen) atoms. The summed E-state index contributed by atoms with van der Waals surface area (Å²) in [7, 11) is 0. The molecule has 96 valence electrons. The summed E-state index contributed by atoms with van der Waals surface area (Å²) in [6.07, 6.45) is 0. The molecule has 0 bridgehead atoms. The van der Waals surface area contributed by atoms with Crippen LogP contribution in [0.2, 0.25) is 0 Å². The maximum absolute atomic E-state index is 11.3. The molecule has 0 saturated carbocycles. The van der Waals surface area contributed by atoms with Gasteiger partial charge in [0.25, 0.3) is 0 Å². The maximum Gasteiger partial charge on any atom is 0.324 e. The summed E-state index contributed by atoms with van der Waals surface area (Å²) in [5, 5.41) is 14.3. The number of carboxylic acid groups (broad SMARTS) is 1. The van der Waals surface area contributed by atoms with Crippen LogP contribution >= 0.6 is 23.1 Å². The minimum Gasteiger partial charge on any atom is -0.480 e. The molecule has 0 saturated heterocycles. The van der Waals surface area contributed by atoms with Gasteiger partial charge in [-0.1, -0.05) is 11.8 Å². The number of aryl methyl sites for hydroxylation is 1. The molecule has 0 aliphatic heterocycles. The molecule has 2 N–H and O–H groups in total. The van der Waals surface area contributed by atoms with Gasteiger partial charge in [-0.3, -0.25) is 10.1 Å². The largest absolute Gasteiger partial charge is 0.480 e. The highest BCUT2D eigenvalue weighted by molar-refractivity contribution is 8.01. The number of thioether (sulfide) groups is 1. The number of nitrogens with zero attached hydrogens (tertiary/aromatic N) is 1. The van der Waals surface area contributed by atoms with Gasteiger partial charge in [-0.05, 0) is 27.7 Å². The van der Waals surface area contributed by atoms with E-state index < -0.39 is 11.5 Å². The number of hydrogen-bond donors (Lipinski definition) is 2. The van der Waals surface area contributed by atoms with Gasteiger partial charge < -0.3 is 5.11 Å². The van der Waals surface area contributed by atoms with Gasteiger partial charge in [0.05, 0.1) is 0 Å². The van der Waals surface area contributed by atoms with Crippen LogP contribution in [0.15, 0.2) is 9.72 Å². The lowest BCUT2D eigenvalue weighted by Crippen LogP contribution is -2.54. The average molecular weight is 274 g/mol. The van der Waals surface area contributed by atoms with Crippen molar-refractivity contribution in [2.45, 2.75) is 43.6 Å². The van der Waals surface area contributed by atoms with E-state index in [1.807, 2.05) is 26.2 Å². The number of aromatic nitrogens is 1. The monoisotopic (exact) mass is 274 g/mol. The predicted molar refractivity (Wildman–Crippen MR) is 71.9 cm³/mol. The predicted octanol–water partition coefficient (Wildman–Crippen LogP) is 2.38. The number of carbonyl (C=O) groups is 1. The van der Waals surface area contributed by atoms with E-state index in [1.54, 1.807) is 18.3 Å². The van der Waals surface area contributed by atoms with Crippen molar-refractivity contribution in [2.24, 2.45) is 0 Å². The highest BCUT2D eigenvalue weighted by Crippen LogP contribution is 2.26. The molecular formula is C11H18N2O2S2. The fraction of sp³-hybridized carbons (Fsp3) is 0.636. The first-order chi connectivity index (χ1) is 7.83. The van der Waals surface area contributed by atoms with Crippen molar-refractivity contribution in [3.63, 3.8) is 0 Å². The lowest BCUT2D eigenvalue weighted by Gasteiger charge is -2.27. The van der Waals surface area contributed by atoms with Crippen LogP contribution < -0.4 is 5.32 Å². The van der Waals surface area contributed by atoms with Crippen LogP contribution in [0.3, 0.4) is 0 Å². The third kappa shape index (κ3) is 4.29. The van der Waals surface area contributed by atoms with E-state index in [0.29, 0.717) is 5.75 Å². The van der Waals surface area contributed by atoms with E-state index in [2.05, 4.69) is 10.3 Å². The molecule has 0 aromatic carbocycles. The summed E-state index contributed by atoms with van der Waals surface area (Å²) >= 11 is 3.03. The van der Waals surface area contributed by atoms with Crippen molar-refractivity contribution in [3.05, 3.63) is 11.1 Å². The van der Waals surface area contributed by atoms with Crippen LogP contribution in [0.4, 0.5) is 0 Å². The summed E-state index contributed by atoms with van der Waals surface area (Å²) < 4.78 is 0.917. The summed E-state index contributed by atoms with van der Waals surface area (Å²) in [5.41, 5.74) is 0.0599. The Morgan fingerprint density at radius 2 is 2.35 bits per heavy atom. The van der Waals surface area contributed by atoms with Gasteiger partial charge in [0.2, 0.25) is 0 Å². The van der Waals surface area contributed by atoms with E-state index in [9.17, 15) is 9.90 Å². The van der Waals surface area contributed by atoms with Crippen LogP contribution in [0, 0.1) is 6.92 Å². The van der Waals surface area contributed by atoms with Crippen LogP contribution in [0.25, 0.3) is 0 Å². The third-order valence-corrected chi connectivity index (χ3v) is 4.62. The van der Waals surface area contributed by atoms with Crippen molar-refractivity contribution in [3.8, 4) is 0 Å². The number of nitrogens with one attached hydrogen (secondary N) is 1. The fourth-order valence-corrected chi connectivity index (χ4v) is 3.35. The minimum absolute atomic E-state index is 0.134. The van der Waals surface area contributed by atoms with E-state index in [4.69, 9.17) is 0 Å². The molecule has 1 unspecified atom stereocenters. The summed E-state index contributed by atoms with van der Waals surface area (Å²) in [6, 6.07) is 0.134. The number of hydrogen-bond acceptors (Lipinski definition) is 5. The normalized spacial score (nSPS) is 14.9. The highest BCUT2D eigenvalue weighted by Gasteiger charge is 2.33. The molecule has 0 aliphatic rings. The lowest BCUT2D eigenvalue weighted by atomic mass is 10.1. The quantitative estimate of drug-likeness (QED) is 0.780. The number of thiazole rings is 1. The average Bonchev–Trinajstić information content (AvgIpc) is 2.60. The molecule has 1 heterocycles. The van der Waals surface area contributed by atoms with Crippen molar-refractivity contribution in [1.29, 1.82) is 0 Å². The molecule has 0 radical (unpaired) electrons. The molecule has 0 aliphatic carbocycles. The Morgan fingerprint density at radius 3 is 2.76 bits per heavy atom. The molecule has 1 aromatic rings. The first-order valence-corrected chi connectivity index (χ1v) is 7.26. The molecular weight excluding hydrogens is 256 g/mol. The Bertz CT molecular complexity index is 393. The number of rotatable bonds is 6. The Balaban J connectivity index is 2.64. The van der Waals surface area contributed by atoms with Gasteiger partial charge in [-0.2, -0.15) is 0 Å². The standard InChI is InChI=1S/C11H18N2O2S2/c1-7(2)13-11(4,9(14)15)6-17-10-12-8(3)5-16-10/h5,7,13H,6H2,1-4H3,(H,14,15). The van der Waals surface area contributed by atoms with Crippen LogP contribution in [0.5, 0.6) is 0 Å². The zero-order chi connectivity index (χ0) is 13.1. The SMILES string of the molecule is Cc1csc(SCC(C)(NC(C)C)C(=O)O)n1. The zero-order valence-electron chi connectivity index (χ0n) is 10.5. The van der Waals surface area contributed by atoms with Gasteiger partial charge in [-0.15, -0.1) is 11.3 Å². The molecule has 0 fully saturated rings. The van der Waals surface area contributed by atoms with E-state index in [0.717, 1.165) is 10.0 Å². The lowest BCUT2D eigenvalue weighted by molar-refractivity contribution is -0.143. The summed E-state index contributed by atoms with van der Waals surface area (Å²) in [4.78, 5) is 15.6. The van der Waals surface area contributed by atoms with Crippen LogP contribution in [-0.4, -0.2) is 33.4 Å². The minimum atomic E-state index is -0.918. The van der Waals surface area contributed by atoms with E-state index in [-0.39, 0.29) is 6.04 Å². The van der Waals surface area contributed by atoms with Gasteiger partial charge in [0, 0.05) is 22.9 Å². The Morgan fingerprint density at radius 1 is 1.71 bits per heavy atom. The van der Waals surface area contributed by atoms with E-state index >= 15 is 0 Å². The maximum atomic E-state index is 11.3. The molecule has 1 atom stereocenters. The summed E-state index contributed by atoms with van der Waals surface area (Å²) in [6.45, 7) is 7.53. The van der Waals surface area contributed by atoms with Gasteiger partial charge in [0.15, 0.2) is 0 Å². The molecule has 0 spiro atoms.